The number of rotatable bonds is 5. The monoisotopic (exact) mass is 484 g/mol. The Kier molecular flexibility index (Phi) is 6.49. The van der Waals surface area contributed by atoms with Crippen LogP contribution >= 0.6 is 0 Å². The summed E-state index contributed by atoms with van der Waals surface area (Å²) >= 11 is 0. The number of carbonyl (C=O) groups excluding carboxylic acids is 3. The largest absolute Gasteiger partial charge is 0.361 e. The van der Waals surface area contributed by atoms with Gasteiger partial charge < -0.3 is 20.1 Å². The zero-order valence-electron chi connectivity index (χ0n) is 19.5. The first kappa shape index (κ1) is 23.3. The highest BCUT2D eigenvalue weighted by Crippen LogP contribution is 2.20. The number of benzene rings is 3. The van der Waals surface area contributed by atoms with E-state index in [4.69, 9.17) is 0 Å². The lowest BCUT2D eigenvalue weighted by Gasteiger charge is -2.35. The Bertz CT molecular complexity index is 1420. The van der Waals surface area contributed by atoms with Gasteiger partial charge in [-0.25, -0.2) is 4.39 Å². The second kappa shape index (κ2) is 10.0. The van der Waals surface area contributed by atoms with E-state index in [1.54, 1.807) is 34.1 Å². The van der Waals surface area contributed by atoms with Crippen molar-refractivity contribution in [2.24, 2.45) is 0 Å². The van der Waals surface area contributed by atoms with Crippen LogP contribution in [0.2, 0.25) is 0 Å². The number of para-hydroxylation sites is 1. The number of nitrogens with one attached hydrogen (secondary N) is 2. The van der Waals surface area contributed by atoms with Crippen molar-refractivity contribution >= 4 is 34.3 Å². The maximum absolute atomic E-state index is 13.1. The number of amides is 3. The van der Waals surface area contributed by atoms with Crippen molar-refractivity contribution in [3.8, 4) is 0 Å². The minimum atomic E-state index is -0.418. The summed E-state index contributed by atoms with van der Waals surface area (Å²) in [6.07, 6.45) is 2.19. The van der Waals surface area contributed by atoms with Gasteiger partial charge in [-0.3, -0.25) is 14.4 Å². The third-order valence-corrected chi connectivity index (χ3v) is 6.41. The molecule has 7 nitrogen and oxygen atoms in total. The second-order valence-corrected chi connectivity index (χ2v) is 8.75. The Balaban J connectivity index is 1.18. The molecular formula is C28H25FN4O3. The van der Waals surface area contributed by atoms with Gasteiger partial charge >= 0.3 is 0 Å². The van der Waals surface area contributed by atoms with Crippen LogP contribution in [-0.2, 0) is 11.2 Å². The third kappa shape index (κ3) is 4.98. The van der Waals surface area contributed by atoms with Crippen molar-refractivity contribution in [2.75, 3.05) is 31.5 Å². The standard InChI is InChI=1S/C28H25FN4O3/c29-22-10-8-19(9-11-22)27(35)31-23-5-3-4-20(16-23)28(36)33-14-12-32(13-15-33)26(34)17-21-18-30-25-7-2-1-6-24(21)25/h1-11,16,18,30H,12-15,17H2,(H,31,35). The minimum Gasteiger partial charge on any atom is -0.361 e. The first-order chi connectivity index (χ1) is 17.5. The first-order valence-corrected chi connectivity index (χ1v) is 11.8. The fourth-order valence-corrected chi connectivity index (χ4v) is 4.43. The smallest absolute Gasteiger partial charge is 0.255 e. The average Bonchev–Trinajstić information content (AvgIpc) is 3.31. The molecule has 1 fully saturated rings. The molecule has 1 aliphatic rings. The Morgan fingerprint density at radius 3 is 2.33 bits per heavy atom. The van der Waals surface area contributed by atoms with Crippen LogP contribution in [0.3, 0.4) is 0 Å². The average molecular weight is 485 g/mol. The van der Waals surface area contributed by atoms with Crippen LogP contribution in [0.4, 0.5) is 10.1 Å². The fourth-order valence-electron chi connectivity index (χ4n) is 4.43. The molecule has 1 aliphatic heterocycles. The van der Waals surface area contributed by atoms with E-state index in [0.29, 0.717) is 49.4 Å². The summed E-state index contributed by atoms with van der Waals surface area (Å²) in [5.41, 5.74) is 3.22. The highest BCUT2D eigenvalue weighted by Gasteiger charge is 2.25. The van der Waals surface area contributed by atoms with Gasteiger partial charge in [0.1, 0.15) is 5.82 Å². The van der Waals surface area contributed by atoms with Gasteiger partial charge in [0.15, 0.2) is 0 Å². The molecule has 182 valence electrons. The molecule has 0 radical (unpaired) electrons. The van der Waals surface area contributed by atoms with Crippen LogP contribution in [0.1, 0.15) is 26.3 Å². The van der Waals surface area contributed by atoms with Crippen molar-refractivity contribution in [1.29, 1.82) is 0 Å². The molecule has 0 spiro atoms. The molecule has 4 aromatic rings. The number of aromatic nitrogens is 1. The van der Waals surface area contributed by atoms with E-state index in [-0.39, 0.29) is 17.7 Å². The molecule has 1 saturated heterocycles. The van der Waals surface area contributed by atoms with Gasteiger partial charge in [0.2, 0.25) is 5.91 Å². The molecule has 1 aromatic heterocycles. The lowest BCUT2D eigenvalue weighted by molar-refractivity contribution is -0.131. The predicted molar refractivity (Wildman–Crippen MR) is 135 cm³/mol. The van der Waals surface area contributed by atoms with Crippen LogP contribution < -0.4 is 5.32 Å². The molecule has 36 heavy (non-hydrogen) atoms. The maximum Gasteiger partial charge on any atom is 0.255 e. The molecule has 8 heteroatoms. The van der Waals surface area contributed by atoms with Crippen molar-refractivity contribution in [3.05, 3.63) is 102 Å². The van der Waals surface area contributed by atoms with Gasteiger partial charge in [-0.2, -0.15) is 0 Å². The normalized spacial score (nSPS) is 13.6. The number of halogens is 1. The van der Waals surface area contributed by atoms with Crippen LogP contribution in [-0.4, -0.2) is 58.7 Å². The zero-order chi connectivity index (χ0) is 25.1. The molecule has 2 N–H and O–H groups in total. The lowest BCUT2D eigenvalue weighted by atomic mass is 10.1. The number of anilines is 1. The van der Waals surface area contributed by atoms with E-state index >= 15 is 0 Å². The van der Waals surface area contributed by atoms with E-state index in [2.05, 4.69) is 10.3 Å². The topological polar surface area (TPSA) is 85.5 Å². The molecule has 3 aromatic carbocycles. The Labute approximate surface area is 207 Å². The fraction of sp³-hybridized carbons (Fsp3) is 0.179. The van der Waals surface area contributed by atoms with Gasteiger partial charge in [-0.15, -0.1) is 0 Å². The number of H-pyrrole nitrogens is 1. The molecule has 0 atom stereocenters. The number of hydrogen-bond acceptors (Lipinski definition) is 3. The van der Waals surface area contributed by atoms with E-state index in [1.165, 1.54) is 24.3 Å². The van der Waals surface area contributed by atoms with Gasteiger partial charge in [-0.1, -0.05) is 24.3 Å². The third-order valence-electron chi connectivity index (χ3n) is 6.41. The van der Waals surface area contributed by atoms with E-state index < -0.39 is 5.82 Å². The van der Waals surface area contributed by atoms with E-state index in [0.717, 1.165) is 16.5 Å². The number of carbonyl (C=O) groups is 3. The maximum atomic E-state index is 13.1. The Morgan fingerprint density at radius 2 is 1.56 bits per heavy atom. The highest BCUT2D eigenvalue weighted by molar-refractivity contribution is 6.05. The molecule has 0 saturated carbocycles. The van der Waals surface area contributed by atoms with Crippen LogP contribution in [0, 0.1) is 5.82 Å². The molecule has 5 rings (SSSR count). The lowest BCUT2D eigenvalue weighted by Crippen LogP contribution is -2.51. The minimum absolute atomic E-state index is 0.0392. The first-order valence-electron chi connectivity index (χ1n) is 11.8. The predicted octanol–water partition coefficient (Wildman–Crippen LogP) is 4.09. The number of hydrogen-bond donors (Lipinski definition) is 2. The summed E-state index contributed by atoms with van der Waals surface area (Å²) in [5, 5.41) is 3.79. The van der Waals surface area contributed by atoms with Crippen LogP contribution in [0.5, 0.6) is 0 Å². The number of piperazine rings is 1. The van der Waals surface area contributed by atoms with E-state index in [1.807, 2.05) is 30.5 Å². The molecule has 0 unspecified atom stereocenters. The van der Waals surface area contributed by atoms with Crippen LogP contribution in [0.25, 0.3) is 10.9 Å². The van der Waals surface area contributed by atoms with Crippen molar-refractivity contribution in [2.45, 2.75) is 6.42 Å². The van der Waals surface area contributed by atoms with Gasteiger partial charge in [0.05, 0.1) is 6.42 Å². The van der Waals surface area contributed by atoms with Crippen molar-refractivity contribution in [1.82, 2.24) is 14.8 Å². The SMILES string of the molecule is O=C(Nc1cccc(C(=O)N2CCN(C(=O)Cc3c[nH]c4ccccc34)CC2)c1)c1ccc(F)cc1. The van der Waals surface area contributed by atoms with Crippen molar-refractivity contribution in [3.63, 3.8) is 0 Å². The highest BCUT2D eigenvalue weighted by atomic mass is 19.1. The summed E-state index contributed by atoms with van der Waals surface area (Å²) in [6, 6.07) is 19.9. The molecule has 0 bridgehead atoms. The van der Waals surface area contributed by atoms with Gasteiger partial charge in [0, 0.05) is 60.1 Å². The molecule has 3 amide bonds. The van der Waals surface area contributed by atoms with Gasteiger partial charge in [-0.05, 0) is 54.1 Å². The Morgan fingerprint density at radius 1 is 0.833 bits per heavy atom. The summed E-state index contributed by atoms with van der Waals surface area (Å²) < 4.78 is 13.1. The summed E-state index contributed by atoms with van der Waals surface area (Å²) in [6.45, 7) is 1.80. The zero-order valence-corrected chi connectivity index (χ0v) is 19.5. The Hall–Kier alpha value is -4.46. The molecule has 0 aliphatic carbocycles. The van der Waals surface area contributed by atoms with E-state index in [9.17, 15) is 18.8 Å². The number of aromatic amines is 1. The summed E-state index contributed by atoms with van der Waals surface area (Å²) in [5.74, 6) is -0.921. The molecular weight excluding hydrogens is 459 g/mol. The number of fused-ring (bicyclic) bond motifs is 1. The summed E-state index contributed by atoms with van der Waals surface area (Å²) in [7, 11) is 0. The van der Waals surface area contributed by atoms with Crippen LogP contribution in [0.15, 0.2) is 79.0 Å². The quantitative estimate of drug-likeness (QED) is 0.448. The summed E-state index contributed by atoms with van der Waals surface area (Å²) in [4.78, 5) is 45.1. The van der Waals surface area contributed by atoms with Crippen molar-refractivity contribution < 1.29 is 18.8 Å². The second-order valence-electron chi connectivity index (χ2n) is 8.75. The van der Waals surface area contributed by atoms with Gasteiger partial charge in [0.25, 0.3) is 11.8 Å². The molecule has 2 heterocycles. The number of nitrogens with zero attached hydrogens (tertiary/aromatic N) is 2.